The topological polar surface area (TPSA) is 59.4 Å². The predicted molar refractivity (Wildman–Crippen MR) is 59.6 cm³/mol. The number of furan rings is 1. The Morgan fingerprint density at radius 3 is 2.80 bits per heavy atom. The monoisotopic (exact) mass is 205 g/mol. The lowest BCUT2D eigenvalue weighted by Gasteiger charge is -2.06. The van der Waals surface area contributed by atoms with Crippen molar-refractivity contribution < 1.29 is 9.52 Å². The average molecular weight is 205 g/mol. The number of benzene rings is 1. The summed E-state index contributed by atoms with van der Waals surface area (Å²) in [6.45, 7) is 2.42. The Kier molecular flexibility index (Phi) is 2.75. The molecule has 0 aliphatic heterocycles. The quantitative estimate of drug-likeness (QED) is 0.806. The number of hydrogen-bond donors (Lipinski definition) is 2. The van der Waals surface area contributed by atoms with E-state index in [2.05, 4.69) is 0 Å². The lowest BCUT2D eigenvalue weighted by molar-refractivity contribution is 0.144. The van der Waals surface area contributed by atoms with Crippen molar-refractivity contribution in [3.63, 3.8) is 0 Å². The van der Waals surface area contributed by atoms with Crippen molar-refractivity contribution in [2.75, 3.05) is 6.54 Å². The van der Waals surface area contributed by atoms with E-state index >= 15 is 0 Å². The molecule has 2 rings (SSSR count). The molecule has 3 nitrogen and oxygen atoms in total. The molecule has 1 heterocycles. The number of nitrogens with two attached hydrogens (primary N) is 1. The maximum Gasteiger partial charge on any atom is 0.136 e. The van der Waals surface area contributed by atoms with Crippen LogP contribution in [-0.2, 0) is 0 Å². The Bertz CT molecular complexity index is 462. The summed E-state index contributed by atoms with van der Waals surface area (Å²) in [5, 5.41) is 10.9. The fourth-order valence-electron chi connectivity index (χ4n) is 1.80. The highest BCUT2D eigenvalue weighted by Gasteiger charge is 2.16. The van der Waals surface area contributed by atoms with Crippen LogP contribution >= 0.6 is 0 Å². The van der Waals surface area contributed by atoms with Gasteiger partial charge < -0.3 is 15.3 Å². The van der Waals surface area contributed by atoms with E-state index in [0.717, 1.165) is 16.5 Å². The molecule has 0 fully saturated rings. The molecular formula is C12H15NO2. The highest BCUT2D eigenvalue weighted by molar-refractivity contribution is 5.81. The second-order valence-corrected chi connectivity index (χ2v) is 3.68. The number of fused-ring (bicyclic) bond motifs is 1. The normalized spacial score (nSPS) is 13.3. The molecule has 15 heavy (non-hydrogen) atoms. The van der Waals surface area contributed by atoms with Crippen LogP contribution in [0.5, 0.6) is 0 Å². The second-order valence-electron chi connectivity index (χ2n) is 3.68. The van der Waals surface area contributed by atoms with Gasteiger partial charge in [0.25, 0.3) is 0 Å². The first kappa shape index (κ1) is 10.2. The molecule has 1 aromatic carbocycles. The number of hydrogen-bond acceptors (Lipinski definition) is 3. The van der Waals surface area contributed by atoms with E-state index in [9.17, 15) is 5.11 Å². The summed E-state index contributed by atoms with van der Waals surface area (Å²) in [7, 11) is 0. The van der Waals surface area contributed by atoms with E-state index in [-0.39, 0.29) is 0 Å². The van der Waals surface area contributed by atoms with Crippen LogP contribution in [0.15, 0.2) is 28.7 Å². The van der Waals surface area contributed by atoms with Gasteiger partial charge in [-0.15, -0.1) is 0 Å². The minimum Gasteiger partial charge on any atom is -0.458 e. The van der Waals surface area contributed by atoms with Crippen LogP contribution in [0.25, 0.3) is 11.0 Å². The summed E-state index contributed by atoms with van der Waals surface area (Å²) in [4.78, 5) is 0. The summed E-state index contributed by atoms with van der Waals surface area (Å²) in [6, 6.07) is 7.78. The maximum atomic E-state index is 9.83. The SMILES string of the molecule is Cc1c([C@H](O)CCN)oc2ccccc12. The third-order valence-electron chi connectivity index (χ3n) is 2.62. The lowest BCUT2D eigenvalue weighted by Crippen LogP contribution is -2.06. The zero-order valence-electron chi connectivity index (χ0n) is 8.73. The Morgan fingerprint density at radius 2 is 2.13 bits per heavy atom. The number of para-hydroxylation sites is 1. The number of aliphatic hydroxyl groups is 1. The van der Waals surface area contributed by atoms with Crippen LogP contribution in [0.1, 0.15) is 23.8 Å². The second kappa shape index (κ2) is 4.04. The summed E-state index contributed by atoms with van der Waals surface area (Å²) in [5.41, 5.74) is 7.24. The average Bonchev–Trinajstić information content (AvgIpc) is 2.57. The van der Waals surface area contributed by atoms with Crippen molar-refractivity contribution >= 4 is 11.0 Å². The summed E-state index contributed by atoms with van der Waals surface area (Å²) in [6.07, 6.45) is -0.0666. The molecule has 0 saturated heterocycles. The van der Waals surface area contributed by atoms with Gasteiger partial charge >= 0.3 is 0 Å². The van der Waals surface area contributed by atoms with E-state index in [1.807, 2.05) is 31.2 Å². The minimum absolute atomic E-state index is 0.456. The van der Waals surface area contributed by atoms with Gasteiger partial charge in [0.05, 0.1) is 0 Å². The molecule has 3 heteroatoms. The molecule has 1 atom stereocenters. The lowest BCUT2D eigenvalue weighted by atomic mass is 10.1. The van der Waals surface area contributed by atoms with E-state index in [1.165, 1.54) is 0 Å². The highest BCUT2D eigenvalue weighted by Crippen LogP contribution is 2.30. The van der Waals surface area contributed by atoms with Gasteiger partial charge in [0.1, 0.15) is 17.4 Å². The summed E-state index contributed by atoms with van der Waals surface area (Å²) in [5.74, 6) is 0.640. The van der Waals surface area contributed by atoms with Crippen molar-refractivity contribution in [2.24, 2.45) is 5.73 Å². The molecule has 0 aliphatic carbocycles. The minimum atomic E-state index is -0.595. The first-order chi connectivity index (χ1) is 7.24. The number of aryl methyl sites for hydroxylation is 1. The first-order valence-corrected chi connectivity index (χ1v) is 5.10. The zero-order chi connectivity index (χ0) is 10.8. The Morgan fingerprint density at radius 1 is 1.40 bits per heavy atom. The van der Waals surface area contributed by atoms with Crippen LogP contribution < -0.4 is 5.73 Å². The highest BCUT2D eigenvalue weighted by atomic mass is 16.4. The third kappa shape index (κ3) is 1.76. The van der Waals surface area contributed by atoms with Crippen molar-refractivity contribution in [3.05, 3.63) is 35.6 Å². The molecule has 1 aromatic heterocycles. The van der Waals surface area contributed by atoms with Gasteiger partial charge in [-0.25, -0.2) is 0 Å². The largest absolute Gasteiger partial charge is 0.458 e. The molecule has 0 radical (unpaired) electrons. The van der Waals surface area contributed by atoms with E-state index in [1.54, 1.807) is 0 Å². The Hall–Kier alpha value is -1.32. The molecule has 0 unspecified atom stereocenters. The van der Waals surface area contributed by atoms with Crippen molar-refractivity contribution in [1.29, 1.82) is 0 Å². The molecule has 0 saturated carbocycles. The van der Waals surface area contributed by atoms with Crippen LogP contribution in [0.3, 0.4) is 0 Å². The third-order valence-corrected chi connectivity index (χ3v) is 2.62. The molecular weight excluding hydrogens is 190 g/mol. The van der Waals surface area contributed by atoms with E-state index in [0.29, 0.717) is 18.7 Å². The van der Waals surface area contributed by atoms with Crippen molar-refractivity contribution in [2.45, 2.75) is 19.4 Å². The van der Waals surface area contributed by atoms with Crippen LogP contribution in [-0.4, -0.2) is 11.7 Å². The van der Waals surface area contributed by atoms with E-state index in [4.69, 9.17) is 10.2 Å². The van der Waals surface area contributed by atoms with E-state index < -0.39 is 6.10 Å². The smallest absolute Gasteiger partial charge is 0.136 e. The summed E-state index contributed by atoms with van der Waals surface area (Å²) < 4.78 is 5.61. The van der Waals surface area contributed by atoms with Crippen molar-refractivity contribution in [1.82, 2.24) is 0 Å². The van der Waals surface area contributed by atoms with Gasteiger partial charge in [-0.2, -0.15) is 0 Å². The molecule has 3 N–H and O–H groups in total. The molecule has 0 aliphatic rings. The maximum absolute atomic E-state index is 9.83. The van der Waals surface area contributed by atoms with Crippen LogP contribution in [0.4, 0.5) is 0 Å². The van der Waals surface area contributed by atoms with Gasteiger partial charge in [-0.3, -0.25) is 0 Å². The molecule has 2 aromatic rings. The molecule has 80 valence electrons. The standard InChI is InChI=1S/C12H15NO2/c1-8-9-4-2-3-5-11(9)15-12(8)10(14)6-7-13/h2-5,10,14H,6-7,13H2,1H3/t10-/m1/s1. The Labute approximate surface area is 88.5 Å². The number of rotatable bonds is 3. The summed E-state index contributed by atoms with van der Waals surface area (Å²) >= 11 is 0. The predicted octanol–water partition coefficient (Wildman–Crippen LogP) is 2.12. The molecule has 0 bridgehead atoms. The fraction of sp³-hybridized carbons (Fsp3) is 0.333. The molecule has 0 spiro atoms. The zero-order valence-corrected chi connectivity index (χ0v) is 8.73. The molecule has 0 amide bonds. The van der Waals surface area contributed by atoms with Gasteiger partial charge in [0.2, 0.25) is 0 Å². The fourth-order valence-corrected chi connectivity index (χ4v) is 1.80. The first-order valence-electron chi connectivity index (χ1n) is 5.10. The van der Waals surface area contributed by atoms with Crippen LogP contribution in [0, 0.1) is 6.92 Å². The van der Waals surface area contributed by atoms with Gasteiger partial charge in [-0.1, -0.05) is 18.2 Å². The van der Waals surface area contributed by atoms with Gasteiger partial charge in [0, 0.05) is 10.9 Å². The van der Waals surface area contributed by atoms with Gasteiger partial charge in [-0.05, 0) is 26.0 Å². The Balaban J connectivity index is 2.48. The van der Waals surface area contributed by atoms with Gasteiger partial charge in [0.15, 0.2) is 0 Å². The van der Waals surface area contributed by atoms with Crippen molar-refractivity contribution in [3.8, 4) is 0 Å². The van der Waals surface area contributed by atoms with Crippen LogP contribution in [0.2, 0.25) is 0 Å². The number of aliphatic hydroxyl groups excluding tert-OH is 1.